The number of rotatable bonds is 6. The summed E-state index contributed by atoms with van der Waals surface area (Å²) in [7, 11) is 0. The van der Waals surface area contributed by atoms with Crippen LogP contribution in [0.25, 0.3) is 11.0 Å². The molecule has 2 aromatic heterocycles. The molecule has 4 rings (SSSR count). The predicted molar refractivity (Wildman–Crippen MR) is 123 cm³/mol. The second-order valence-corrected chi connectivity index (χ2v) is 7.60. The standard InChI is InChI=1S/C23H23ClN6O/c1-4-29-16(3)26-20-12-18(10-11-21(20)29)23(31)27-25-13-19-15(2)28-30(22(19)24)14-17-8-6-5-7-9-17/h5-13H,4,14H2,1-3H3,(H,27,31)/b25-13-. The summed E-state index contributed by atoms with van der Waals surface area (Å²) in [6.07, 6.45) is 1.53. The van der Waals surface area contributed by atoms with Crippen LogP contribution in [0.1, 0.15) is 39.9 Å². The van der Waals surface area contributed by atoms with Gasteiger partial charge in [-0.25, -0.2) is 15.1 Å². The van der Waals surface area contributed by atoms with Gasteiger partial charge in [-0.2, -0.15) is 10.2 Å². The highest BCUT2D eigenvalue weighted by Gasteiger charge is 2.13. The highest BCUT2D eigenvalue weighted by atomic mass is 35.5. The SMILES string of the molecule is CCn1c(C)nc2cc(C(=O)N/N=C\c3c(C)nn(Cc4ccccc4)c3Cl)ccc21. The van der Waals surface area contributed by atoms with Gasteiger partial charge in [0, 0.05) is 12.1 Å². The minimum atomic E-state index is -0.313. The number of imidazole rings is 1. The number of carbonyl (C=O) groups is 1. The first-order valence-electron chi connectivity index (χ1n) is 10.0. The van der Waals surface area contributed by atoms with Crippen molar-refractivity contribution in [1.29, 1.82) is 0 Å². The van der Waals surface area contributed by atoms with Crippen LogP contribution in [0.5, 0.6) is 0 Å². The molecule has 7 nitrogen and oxygen atoms in total. The van der Waals surface area contributed by atoms with Crippen LogP contribution < -0.4 is 5.43 Å². The molecule has 0 bridgehead atoms. The fourth-order valence-corrected chi connectivity index (χ4v) is 3.87. The maximum absolute atomic E-state index is 12.5. The Hall–Kier alpha value is -3.45. The summed E-state index contributed by atoms with van der Waals surface area (Å²) in [5, 5.41) is 9.05. The van der Waals surface area contributed by atoms with Gasteiger partial charge in [-0.1, -0.05) is 41.9 Å². The summed E-state index contributed by atoms with van der Waals surface area (Å²) in [6.45, 7) is 7.27. The number of amides is 1. The normalized spacial score (nSPS) is 11.5. The number of nitrogens with one attached hydrogen (secondary N) is 1. The maximum Gasteiger partial charge on any atom is 0.271 e. The third-order valence-electron chi connectivity index (χ3n) is 5.16. The summed E-state index contributed by atoms with van der Waals surface area (Å²) in [5.41, 5.74) is 7.36. The van der Waals surface area contributed by atoms with Crippen LogP contribution >= 0.6 is 11.6 Å². The van der Waals surface area contributed by atoms with E-state index in [0.29, 0.717) is 22.8 Å². The number of halogens is 1. The van der Waals surface area contributed by atoms with Crippen molar-refractivity contribution in [2.45, 2.75) is 33.9 Å². The number of aromatic nitrogens is 4. The van der Waals surface area contributed by atoms with E-state index in [1.54, 1.807) is 16.8 Å². The molecular weight excluding hydrogens is 412 g/mol. The van der Waals surface area contributed by atoms with E-state index in [4.69, 9.17) is 11.6 Å². The van der Waals surface area contributed by atoms with Gasteiger partial charge in [-0.05, 0) is 44.5 Å². The smallest absolute Gasteiger partial charge is 0.271 e. The van der Waals surface area contributed by atoms with Gasteiger partial charge < -0.3 is 4.57 Å². The van der Waals surface area contributed by atoms with E-state index in [1.165, 1.54) is 6.21 Å². The lowest BCUT2D eigenvalue weighted by atomic mass is 10.2. The number of hydrogen-bond acceptors (Lipinski definition) is 4. The molecule has 0 spiro atoms. The van der Waals surface area contributed by atoms with Crippen LogP contribution in [0.3, 0.4) is 0 Å². The molecule has 0 saturated heterocycles. The van der Waals surface area contributed by atoms with Crippen LogP contribution in [0.15, 0.2) is 53.6 Å². The second kappa shape index (κ2) is 8.73. The van der Waals surface area contributed by atoms with Gasteiger partial charge in [-0.3, -0.25) is 4.79 Å². The minimum Gasteiger partial charge on any atom is -0.329 e. The third kappa shape index (κ3) is 4.22. The molecule has 0 atom stereocenters. The van der Waals surface area contributed by atoms with E-state index >= 15 is 0 Å². The lowest BCUT2D eigenvalue weighted by molar-refractivity contribution is 0.0955. The van der Waals surface area contributed by atoms with Crippen LogP contribution in [0.4, 0.5) is 0 Å². The van der Waals surface area contributed by atoms with Crippen LogP contribution in [-0.2, 0) is 13.1 Å². The first-order chi connectivity index (χ1) is 15.0. The molecule has 1 amide bonds. The fraction of sp³-hybridized carbons (Fsp3) is 0.217. The van der Waals surface area contributed by atoms with E-state index in [0.717, 1.165) is 34.7 Å². The Morgan fingerprint density at radius 3 is 2.71 bits per heavy atom. The average molecular weight is 435 g/mol. The largest absolute Gasteiger partial charge is 0.329 e. The van der Waals surface area contributed by atoms with E-state index in [2.05, 4.69) is 32.1 Å². The molecule has 31 heavy (non-hydrogen) atoms. The lowest BCUT2D eigenvalue weighted by Gasteiger charge is -2.03. The van der Waals surface area contributed by atoms with E-state index in [-0.39, 0.29) is 5.91 Å². The Morgan fingerprint density at radius 1 is 1.19 bits per heavy atom. The Kier molecular flexibility index (Phi) is 5.86. The van der Waals surface area contributed by atoms with Crippen molar-refractivity contribution in [2.24, 2.45) is 5.10 Å². The van der Waals surface area contributed by atoms with Crippen molar-refractivity contribution in [3.05, 3.63) is 81.9 Å². The first kappa shape index (κ1) is 20.8. The summed E-state index contributed by atoms with van der Waals surface area (Å²) >= 11 is 6.49. The van der Waals surface area contributed by atoms with Crippen molar-refractivity contribution in [3.63, 3.8) is 0 Å². The van der Waals surface area contributed by atoms with Gasteiger partial charge in [-0.15, -0.1) is 0 Å². The van der Waals surface area contributed by atoms with Gasteiger partial charge in [0.2, 0.25) is 0 Å². The lowest BCUT2D eigenvalue weighted by Crippen LogP contribution is -2.17. The Bertz CT molecular complexity index is 1270. The van der Waals surface area contributed by atoms with E-state index in [1.807, 2.05) is 50.2 Å². The van der Waals surface area contributed by atoms with Crippen molar-refractivity contribution >= 4 is 34.8 Å². The number of hydrazone groups is 1. The summed E-state index contributed by atoms with van der Waals surface area (Å²) in [5.74, 6) is 0.609. The highest BCUT2D eigenvalue weighted by Crippen LogP contribution is 2.20. The summed E-state index contributed by atoms with van der Waals surface area (Å²) in [4.78, 5) is 17.1. The van der Waals surface area contributed by atoms with Crippen molar-refractivity contribution in [2.75, 3.05) is 0 Å². The molecule has 8 heteroatoms. The molecule has 2 aromatic carbocycles. The van der Waals surface area contributed by atoms with Gasteiger partial charge in [0.25, 0.3) is 5.91 Å². The molecule has 158 valence electrons. The Labute approximate surface area is 185 Å². The number of hydrogen-bond donors (Lipinski definition) is 1. The molecule has 0 unspecified atom stereocenters. The molecule has 0 fully saturated rings. The number of aryl methyl sites for hydroxylation is 3. The summed E-state index contributed by atoms with van der Waals surface area (Å²) < 4.78 is 3.82. The minimum absolute atomic E-state index is 0.313. The molecule has 1 N–H and O–H groups in total. The third-order valence-corrected chi connectivity index (χ3v) is 5.56. The number of carbonyl (C=O) groups excluding carboxylic acids is 1. The van der Waals surface area contributed by atoms with Gasteiger partial charge in [0.1, 0.15) is 11.0 Å². The summed E-state index contributed by atoms with van der Waals surface area (Å²) in [6, 6.07) is 15.4. The molecular formula is C23H23ClN6O. The maximum atomic E-state index is 12.5. The zero-order valence-electron chi connectivity index (χ0n) is 17.6. The van der Waals surface area contributed by atoms with Crippen LogP contribution in [0, 0.1) is 13.8 Å². The Morgan fingerprint density at radius 2 is 1.97 bits per heavy atom. The zero-order valence-corrected chi connectivity index (χ0v) is 18.4. The zero-order chi connectivity index (χ0) is 22.0. The number of fused-ring (bicyclic) bond motifs is 1. The highest BCUT2D eigenvalue weighted by molar-refractivity contribution is 6.32. The predicted octanol–water partition coefficient (Wildman–Crippen LogP) is 4.34. The number of benzene rings is 2. The molecule has 0 aliphatic rings. The second-order valence-electron chi connectivity index (χ2n) is 7.24. The van der Waals surface area contributed by atoms with Crippen molar-refractivity contribution < 1.29 is 4.79 Å². The molecule has 0 saturated carbocycles. The topological polar surface area (TPSA) is 77.1 Å². The van der Waals surface area contributed by atoms with Crippen LogP contribution in [0.2, 0.25) is 5.15 Å². The molecule has 2 heterocycles. The monoisotopic (exact) mass is 434 g/mol. The Balaban J connectivity index is 1.48. The van der Waals surface area contributed by atoms with Crippen LogP contribution in [-0.4, -0.2) is 31.5 Å². The molecule has 0 aliphatic carbocycles. The van der Waals surface area contributed by atoms with Crippen molar-refractivity contribution in [3.8, 4) is 0 Å². The number of nitrogens with zero attached hydrogens (tertiary/aromatic N) is 5. The average Bonchev–Trinajstić information content (AvgIpc) is 3.23. The van der Waals surface area contributed by atoms with E-state index < -0.39 is 0 Å². The van der Waals surface area contributed by atoms with Gasteiger partial charge >= 0.3 is 0 Å². The van der Waals surface area contributed by atoms with Crippen molar-refractivity contribution in [1.82, 2.24) is 24.8 Å². The van der Waals surface area contributed by atoms with Gasteiger partial charge in [0.15, 0.2) is 0 Å². The molecule has 4 aromatic rings. The van der Waals surface area contributed by atoms with Gasteiger partial charge in [0.05, 0.1) is 35.1 Å². The molecule has 0 radical (unpaired) electrons. The quantitative estimate of drug-likeness (QED) is 0.362. The molecule has 0 aliphatic heterocycles. The van der Waals surface area contributed by atoms with E-state index in [9.17, 15) is 4.79 Å². The first-order valence-corrected chi connectivity index (χ1v) is 10.4. The fourth-order valence-electron chi connectivity index (χ4n) is 3.59.